The van der Waals surface area contributed by atoms with Crippen LogP contribution in [0.2, 0.25) is 0 Å². The summed E-state index contributed by atoms with van der Waals surface area (Å²) < 4.78 is 0. The Hall–Kier alpha value is -2.95. The lowest BCUT2D eigenvalue weighted by Crippen LogP contribution is -2.18. The van der Waals surface area contributed by atoms with Crippen LogP contribution in [0.25, 0.3) is 11.1 Å². The second kappa shape index (κ2) is 8.16. The van der Waals surface area contributed by atoms with Gasteiger partial charge in [0.15, 0.2) is 0 Å². The molecule has 3 heterocycles. The highest BCUT2D eigenvalue weighted by molar-refractivity contribution is 5.74. The molecule has 1 aromatic carbocycles. The van der Waals surface area contributed by atoms with Gasteiger partial charge in [-0.15, -0.1) is 0 Å². The number of aromatic nitrogens is 3. The Labute approximate surface area is 160 Å². The number of rotatable bonds is 6. The number of hydrogen-bond donors (Lipinski definition) is 2. The van der Waals surface area contributed by atoms with Crippen molar-refractivity contribution in [2.75, 3.05) is 17.2 Å². The molecule has 1 aliphatic heterocycles. The molecule has 1 atom stereocenters. The molecule has 1 aliphatic rings. The summed E-state index contributed by atoms with van der Waals surface area (Å²) in [6, 6.07) is 14.9. The third kappa shape index (κ3) is 4.25. The Morgan fingerprint density at radius 3 is 2.93 bits per heavy atom. The first-order valence-corrected chi connectivity index (χ1v) is 9.64. The number of fused-ring (bicyclic) bond motifs is 1. The van der Waals surface area contributed by atoms with Crippen molar-refractivity contribution < 1.29 is 0 Å². The molecule has 0 spiro atoms. The zero-order chi connectivity index (χ0) is 18.5. The molecule has 2 N–H and O–H groups in total. The summed E-state index contributed by atoms with van der Waals surface area (Å²) in [7, 11) is 0. The van der Waals surface area contributed by atoms with E-state index in [-0.39, 0.29) is 6.04 Å². The molecule has 5 nitrogen and oxygen atoms in total. The number of nitrogens with one attached hydrogen (secondary N) is 2. The fourth-order valence-corrected chi connectivity index (χ4v) is 3.45. The third-order valence-corrected chi connectivity index (χ3v) is 4.97. The molecule has 138 valence electrons. The monoisotopic (exact) mass is 359 g/mol. The number of nitrogens with zero attached hydrogens (tertiary/aromatic N) is 3. The van der Waals surface area contributed by atoms with E-state index in [0.717, 1.165) is 54.3 Å². The van der Waals surface area contributed by atoms with E-state index in [4.69, 9.17) is 4.98 Å². The van der Waals surface area contributed by atoms with Crippen LogP contribution in [0.1, 0.15) is 31.0 Å². The molecule has 5 heteroatoms. The Morgan fingerprint density at radius 2 is 2.04 bits per heavy atom. The highest BCUT2D eigenvalue weighted by Crippen LogP contribution is 2.26. The lowest BCUT2D eigenvalue weighted by molar-refractivity contribution is 0.691. The fraction of sp³-hybridized carbons (Fsp3) is 0.318. The Morgan fingerprint density at radius 1 is 1.15 bits per heavy atom. The molecule has 27 heavy (non-hydrogen) atoms. The van der Waals surface area contributed by atoms with E-state index in [2.05, 4.69) is 51.8 Å². The highest BCUT2D eigenvalue weighted by Gasteiger charge is 2.12. The molecule has 0 fully saturated rings. The van der Waals surface area contributed by atoms with Crippen molar-refractivity contribution in [3.8, 4) is 11.1 Å². The molecule has 0 aliphatic carbocycles. The predicted molar refractivity (Wildman–Crippen MR) is 110 cm³/mol. The van der Waals surface area contributed by atoms with Crippen molar-refractivity contribution in [1.82, 2.24) is 15.0 Å². The number of anilines is 2. The summed E-state index contributed by atoms with van der Waals surface area (Å²) >= 11 is 0. The van der Waals surface area contributed by atoms with E-state index in [0.29, 0.717) is 0 Å². The normalized spacial score (nSPS) is 14.1. The number of aryl methyl sites for hydroxylation is 2. The molecule has 2 aromatic heterocycles. The van der Waals surface area contributed by atoms with E-state index >= 15 is 0 Å². The molecule has 0 saturated carbocycles. The standard InChI is InChI=1S/C22H25N5/c1-16(9-11-19-12-10-18-8-5-13-24-21(18)27-19)26-22-20(14-23-15-25-22)17-6-3-2-4-7-17/h2-4,6-7,10,12,14-16H,5,8-9,11,13H2,1H3,(H,24,27)(H,23,25,26)/t16-/m0/s1. The van der Waals surface area contributed by atoms with Crippen LogP contribution in [-0.2, 0) is 12.8 Å². The molecule has 0 bridgehead atoms. The van der Waals surface area contributed by atoms with Gasteiger partial charge in [-0.1, -0.05) is 36.4 Å². The van der Waals surface area contributed by atoms with Crippen LogP contribution >= 0.6 is 0 Å². The van der Waals surface area contributed by atoms with Crippen molar-refractivity contribution >= 4 is 11.6 Å². The van der Waals surface area contributed by atoms with Gasteiger partial charge >= 0.3 is 0 Å². The van der Waals surface area contributed by atoms with E-state index in [1.807, 2.05) is 24.4 Å². The summed E-state index contributed by atoms with van der Waals surface area (Å²) in [5.74, 6) is 1.95. The van der Waals surface area contributed by atoms with Gasteiger partial charge in [0, 0.05) is 30.0 Å². The average molecular weight is 359 g/mol. The SMILES string of the molecule is C[C@@H](CCc1ccc2c(n1)NCCC2)Nc1ncncc1-c1ccccc1. The van der Waals surface area contributed by atoms with Crippen molar-refractivity contribution in [2.45, 2.75) is 38.6 Å². The first-order chi connectivity index (χ1) is 13.3. The molecule has 0 radical (unpaired) electrons. The van der Waals surface area contributed by atoms with E-state index in [9.17, 15) is 0 Å². The second-order valence-electron chi connectivity index (χ2n) is 7.08. The topological polar surface area (TPSA) is 62.7 Å². The summed E-state index contributed by atoms with van der Waals surface area (Å²) in [5, 5.41) is 6.96. The quantitative estimate of drug-likeness (QED) is 0.686. The Balaban J connectivity index is 1.41. The summed E-state index contributed by atoms with van der Waals surface area (Å²) in [5.41, 5.74) is 4.63. The van der Waals surface area contributed by atoms with Gasteiger partial charge in [-0.3, -0.25) is 0 Å². The zero-order valence-electron chi connectivity index (χ0n) is 15.7. The molecule has 3 aromatic rings. The Bertz CT molecular complexity index is 894. The van der Waals surface area contributed by atoms with Crippen LogP contribution in [0.5, 0.6) is 0 Å². The number of hydrogen-bond acceptors (Lipinski definition) is 5. The summed E-state index contributed by atoms with van der Waals surface area (Å²) in [4.78, 5) is 13.4. The minimum Gasteiger partial charge on any atom is -0.370 e. The van der Waals surface area contributed by atoms with Crippen molar-refractivity contribution in [3.63, 3.8) is 0 Å². The minimum absolute atomic E-state index is 0.285. The van der Waals surface area contributed by atoms with Crippen LogP contribution in [-0.4, -0.2) is 27.5 Å². The van der Waals surface area contributed by atoms with Crippen molar-refractivity contribution in [2.24, 2.45) is 0 Å². The molecular weight excluding hydrogens is 334 g/mol. The zero-order valence-corrected chi connectivity index (χ0v) is 15.7. The van der Waals surface area contributed by atoms with E-state index in [1.165, 1.54) is 12.0 Å². The van der Waals surface area contributed by atoms with Gasteiger partial charge in [0.05, 0.1) is 0 Å². The Kier molecular flexibility index (Phi) is 5.28. The van der Waals surface area contributed by atoms with Crippen LogP contribution in [0.15, 0.2) is 55.0 Å². The molecule has 4 rings (SSSR count). The van der Waals surface area contributed by atoms with Crippen molar-refractivity contribution in [1.29, 1.82) is 0 Å². The first kappa shape index (κ1) is 17.5. The maximum absolute atomic E-state index is 4.79. The van der Waals surface area contributed by atoms with E-state index in [1.54, 1.807) is 6.33 Å². The molecule has 0 unspecified atom stereocenters. The maximum Gasteiger partial charge on any atom is 0.137 e. The molecule has 0 amide bonds. The van der Waals surface area contributed by atoms with Crippen LogP contribution < -0.4 is 10.6 Å². The van der Waals surface area contributed by atoms with Crippen LogP contribution in [0.4, 0.5) is 11.6 Å². The first-order valence-electron chi connectivity index (χ1n) is 9.64. The van der Waals surface area contributed by atoms with Gasteiger partial charge in [-0.05, 0) is 49.8 Å². The van der Waals surface area contributed by atoms with Gasteiger partial charge in [-0.2, -0.15) is 0 Å². The van der Waals surface area contributed by atoms with Crippen molar-refractivity contribution in [3.05, 3.63) is 66.2 Å². The van der Waals surface area contributed by atoms with Gasteiger partial charge in [0.2, 0.25) is 0 Å². The smallest absolute Gasteiger partial charge is 0.137 e. The van der Waals surface area contributed by atoms with Gasteiger partial charge in [-0.25, -0.2) is 15.0 Å². The maximum atomic E-state index is 4.79. The lowest BCUT2D eigenvalue weighted by Gasteiger charge is -2.19. The number of pyridine rings is 1. The van der Waals surface area contributed by atoms with Gasteiger partial charge in [0.25, 0.3) is 0 Å². The third-order valence-electron chi connectivity index (χ3n) is 4.97. The minimum atomic E-state index is 0.285. The second-order valence-corrected chi connectivity index (χ2v) is 7.08. The summed E-state index contributed by atoms with van der Waals surface area (Å²) in [6.45, 7) is 3.21. The largest absolute Gasteiger partial charge is 0.370 e. The molecule has 0 saturated heterocycles. The van der Waals surface area contributed by atoms with Crippen LogP contribution in [0.3, 0.4) is 0 Å². The molecular formula is C22H25N5. The van der Waals surface area contributed by atoms with Crippen LogP contribution in [0, 0.1) is 0 Å². The van der Waals surface area contributed by atoms with Gasteiger partial charge < -0.3 is 10.6 Å². The highest BCUT2D eigenvalue weighted by atomic mass is 15.0. The van der Waals surface area contributed by atoms with Gasteiger partial charge in [0.1, 0.15) is 18.0 Å². The number of benzene rings is 1. The fourth-order valence-electron chi connectivity index (χ4n) is 3.45. The average Bonchev–Trinajstić information content (AvgIpc) is 2.73. The summed E-state index contributed by atoms with van der Waals surface area (Å²) in [6.07, 6.45) is 7.71. The predicted octanol–water partition coefficient (Wildman–Crippen LogP) is 4.33. The lowest BCUT2D eigenvalue weighted by atomic mass is 10.0. The van der Waals surface area contributed by atoms with E-state index < -0.39 is 0 Å².